The Kier molecular flexibility index (Phi) is 5.37. The van der Waals surface area contributed by atoms with Crippen LogP contribution in [-0.2, 0) is 14.3 Å². The Hall–Kier alpha value is -1.14. The van der Waals surface area contributed by atoms with Crippen molar-refractivity contribution in [3.8, 4) is 0 Å². The van der Waals surface area contributed by atoms with Crippen LogP contribution in [0.5, 0.6) is 0 Å². The number of carbonyl (C=O) groups is 2. The molecule has 6 heteroatoms. The summed E-state index contributed by atoms with van der Waals surface area (Å²) in [5.74, 6) is -1.07. The number of hydrogen-bond acceptors (Lipinski definition) is 4. The van der Waals surface area contributed by atoms with E-state index in [1.165, 1.54) is 0 Å². The molecule has 98 valence electrons. The molecule has 1 aliphatic heterocycles. The Morgan fingerprint density at radius 2 is 2.29 bits per heavy atom. The first-order valence-electron chi connectivity index (χ1n) is 5.92. The zero-order valence-corrected chi connectivity index (χ0v) is 10.3. The molecule has 1 fully saturated rings. The topological polar surface area (TPSA) is 78.9 Å². The number of aliphatic carboxylic acids is 1. The van der Waals surface area contributed by atoms with Crippen LogP contribution in [0.2, 0.25) is 0 Å². The summed E-state index contributed by atoms with van der Waals surface area (Å²) in [7, 11) is 0. The van der Waals surface area contributed by atoms with Crippen molar-refractivity contribution in [2.45, 2.75) is 32.4 Å². The van der Waals surface area contributed by atoms with Crippen molar-refractivity contribution < 1.29 is 19.4 Å². The second kappa shape index (κ2) is 6.56. The van der Waals surface area contributed by atoms with Crippen molar-refractivity contribution in [1.82, 2.24) is 10.2 Å². The average molecular weight is 244 g/mol. The molecule has 1 amide bonds. The van der Waals surface area contributed by atoms with E-state index in [1.54, 1.807) is 11.8 Å². The van der Waals surface area contributed by atoms with Crippen LogP contribution in [0.4, 0.5) is 0 Å². The minimum Gasteiger partial charge on any atom is -0.480 e. The van der Waals surface area contributed by atoms with Gasteiger partial charge in [-0.1, -0.05) is 6.92 Å². The van der Waals surface area contributed by atoms with Gasteiger partial charge < -0.3 is 15.2 Å². The van der Waals surface area contributed by atoms with E-state index in [-0.39, 0.29) is 12.5 Å². The molecule has 0 radical (unpaired) electrons. The minimum absolute atomic E-state index is 0.153. The third kappa shape index (κ3) is 3.67. The highest BCUT2D eigenvalue weighted by molar-refractivity contribution is 5.83. The van der Waals surface area contributed by atoms with Gasteiger partial charge in [-0.15, -0.1) is 0 Å². The van der Waals surface area contributed by atoms with E-state index in [0.29, 0.717) is 19.7 Å². The Balaban J connectivity index is 2.65. The molecule has 0 spiro atoms. The lowest BCUT2D eigenvalue weighted by Gasteiger charge is -2.36. The van der Waals surface area contributed by atoms with Crippen LogP contribution in [-0.4, -0.2) is 60.3 Å². The van der Waals surface area contributed by atoms with Crippen LogP contribution in [0.3, 0.4) is 0 Å². The highest BCUT2D eigenvalue weighted by Crippen LogP contribution is 2.11. The third-order valence-electron chi connectivity index (χ3n) is 2.88. The predicted octanol–water partition coefficient (Wildman–Crippen LogP) is -0.313. The second-order valence-corrected chi connectivity index (χ2v) is 4.13. The lowest BCUT2D eigenvalue weighted by Crippen LogP contribution is -2.58. The van der Waals surface area contributed by atoms with Gasteiger partial charge in [0.2, 0.25) is 5.91 Å². The maximum absolute atomic E-state index is 11.9. The second-order valence-electron chi connectivity index (χ2n) is 4.13. The fourth-order valence-corrected chi connectivity index (χ4v) is 1.81. The fraction of sp³-hybridized carbons (Fsp3) is 0.818. The highest BCUT2D eigenvalue weighted by Gasteiger charge is 2.34. The minimum atomic E-state index is -0.916. The number of carboxylic acids is 1. The fourth-order valence-electron chi connectivity index (χ4n) is 1.81. The molecular weight excluding hydrogens is 224 g/mol. The van der Waals surface area contributed by atoms with E-state index in [9.17, 15) is 9.59 Å². The summed E-state index contributed by atoms with van der Waals surface area (Å²) in [4.78, 5) is 24.5. The lowest BCUT2D eigenvalue weighted by molar-refractivity contribution is -0.149. The zero-order valence-electron chi connectivity index (χ0n) is 10.3. The van der Waals surface area contributed by atoms with E-state index in [0.717, 1.165) is 6.42 Å². The molecular formula is C11H20N2O4. The number of rotatable bonds is 5. The van der Waals surface area contributed by atoms with Gasteiger partial charge in [-0.3, -0.25) is 14.5 Å². The van der Waals surface area contributed by atoms with Crippen LogP contribution < -0.4 is 5.32 Å². The Morgan fingerprint density at radius 1 is 1.59 bits per heavy atom. The monoisotopic (exact) mass is 244 g/mol. The standard InChI is InChI=1S/C11H20N2O4/c1-3-4-12-10(14)9-7-17-6-5-13(9)8(2)11(15)16/h8-9H,3-7H2,1-2H3,(H,12,14)(H,15,16). The molecule has 2 unspecified atom stereocenters. The number of amides is 1. The van der Waals surface area contributed by atoms with Gasteiger partial charge in [0.15, 0.2) is 0 Å². The molecule has 2 atom stereocenters. The van der Waals surface area contributed by atoms with Gasteiger partial charge in [-0.25, -0.2) is 0 Å². The smallest absolute Gasteiger partial charge is 0.320 e. The van der Waals surface area contributed by atoms with Crippen molar-refractivity contribution in [2.24, 2.45) is 0 Å². The quantitative estimate of drug-likeness (QED) is 0.693. The highest BCUT2D eigenvalue weighted by atomic mass is 16.5. The number of morpholine rings is 1. The molecule has 0 aliphatic carbocycles. The van der Waals surface area contributed by atoms with Gasteiger partial charge in [0.25, 0.3) is 0 Å². The lowest BCUT2D eigenvalue weighted by atomic mass is 10.1. The SMILES string of the molecule is CCCNC(=O)C1COCCN1C(C)C(=O)O. The number of carbonyl (C=O) groups excluding carboxylic acids is 1. The summed E-state index contributed by atoms with van der Waals surface area (Å²) >= 11 is 0. The molecule has 17 heavy (non-hydrogen) atoms. The summed E-state index contributed by atoms with van der Waals surface area (Å²) in [5.41, 5.74) is 0. The average Bonchev–Trinajstić information content (AvgIpc) is 2.34. The summed E-state index contributed by atoms with van der Waals surface area (Å²) < 4.78 is 5.25. The molecule has 1 rings (SSSR count). The van der Waals surface area contributed by atoms with E-state index >= 15 is 0 Å². The van der Waals surface area contributed by atoms with Crippen LogP contribution in [0, 0.1) is 0 Å². The maximum atomic E-state index is 11.9. The molecule has 2 N–H and O–H groups in total. The van der Waals surface area contributed by atoms with Crippen LogP contribution >= 0.6 is 0 Å². The number of hydrogen-bond donors (Lipinski definition) is 2. The number of nitrogens with zero attached hydrogens (tertiary/aromatic N) is 1. The summed E-state index contributed by atoms with van der Waals surface area (Å²) in [6.45, 7) is 5.35. The van der Waals surface area contributed by atoms with Gasteiger partial charge in [0.05, 0.1) is 13.2 Å². The molecule has 0 aromatic rings. The molecule has 1 saturated heterocycles. The van der Waals surface area contributed by atoms with Crippen molar-refractivity contribution in [2.75, 3.05) is 26.3 Å². The molecule has 0 saturated carbocycles. The number of nitrogens with one attached hydrogen (secondary N) is 1. The van der Waals surface area contributed by atoms with E-state index < -0.39 is 18.1 Å². The zero-order chi connectivity index (χ0) is 12.8. The first-order valence-corrected chi connectivity index (χ1v) is 5.92. The van der Waals surface area contributed by atoms with Crippen LogP contribution in [0.1, 0.15) is 20.3 Å². The Labute approximate surface area is 101 Å². The number of ether oxygens (including phenoxy) is 1. The number of carboxylic acid groups (broad SMARTS) is 1. The summed E-state index contributed by atoms with van der Waals surface area (Å²) in [6.07, 6.45) is 0.855. The molecule has 0 aromatic heterocycles. The third-order valence-corrected chi connectivity index (χ3v) is 2.88. The van der Waals surface area contributed by atoms with E-state index in [1.807, 2.05) is 6.92 Å². The predicted molar refractivity (Wildman–Crippen MR) is 61.7 cm³/mol. The Bertz CT molecular complexity index is 283. The van der Waals surface area contributed by atoms with Crippen molar-refractivity contribution >= 4 is 11.9 Å². The largest absolute Gasteiger partial charge is 0.480 e. The molecule has 0 bridgehead atoms. The first-order chi connectivity index (χ1) is 8.07. The van der Waals surface area contributed by atoms with Gasteiger partial charge >= 0.3 is 5.97 Å². The van der Waals surface area contributed by atoms with Crippen LogP contribution in [0.15, 0.2) is 0 Å². The molecule has 1 heterocycles. The van der Waals surface area contributed by atoms with Gasteiger partial charge in [0.1, 0.15) is 12.1 Å². The van der Waals surface area contributed by atoms with Gasteiger partial charge in [-0.2, -0.15) is 0 Å². The van der Waals surface area contributed by atoms with Gasteiger partial charge in [0, 0.05) is 13.1 Å². The summed E-state index contributed by atoms with van der Waals surface area (Å²) in [5, 5.41) is 11.8. The molecule has 6 nitrogen and oxygen atoms in total. The Morgan fingerprint density at radius 3 is 2.88 bits per heavy atom. The maximum Gasteiger partial charge on any atom is 0.320 e. The van der Waals surface area contributed by atoms with E-state index in [2.05, 4.69) is 5.32 Å². The van der Waals surface area contributed by atoms with Gasteiger partial charge in [-0.05, 0) is 13.3 Å². The van der Waals surface area contributed by atoms with Crippen molar-refractivity contribution in [1.29, 1.82) is 0 Å². The van der Waals surface area contributed by atoms with E-state index in [4.69, 9.17) is 9.84 Å². The molecule has 0 aromatic carbocycles. The van der Waals surface area contributed by atoms with Crippen molar-refractivity contribution in [3.05, 3.63) is 0 Å². The summed E-state index contributed by atoms with van der Waals surface area (Å²) in [6, 6.07) is -1.17. The van der Waals surface area contributed by atoms with Crippen LogP contribution in [0.25, 0.3) is 0 Å². The first kappa shape index (κ1) is 13.9. The normalized spacial score (nSPS) is 23.1. The van der Waals surface area contributed by atoms with Crippen molar-refractivity contribution in [3.63, 3.8) is 0 Å². The molecule has 1 aliphatic rings.